The number of thioether (sulfide) groups is 1. The Bertz CT molecular complexity index is 659. The van der Waals surface area contributed by atoms with Gasteiger partial charge in [-0.2, -0.15) is 0 Å². The summed E-state index contributed by atoms with van der Waals surface area (Å²) in [6, 6.07) is 5.73. The fraction of sp³-hybridized carbons (Fsp3) is 0.231. The lowest BCUT2D eigenvalue weighted by Gasteiger charge is -2.00. The summed E-state index contributed by atoms with van der Waals surface area (Å²) < 4.78 is 2.08. The first kappa shape index (κ1) is 12.1. The molecule has 98 valence electrons. The summed E-state index contributed by atoms with van der Waals surface area (Å²) in [5.74, 6) is 1.02. The van der Waals surface area contributed by atoms with Crippen LogP contribution in [-0.2, 0) is 6.54 Å². The Balaban J connectivity index is 1.56. The van der Waals surface area contributed by atoms with Gasteiger partial charge in [-0.15, -0.1) is 0 Å². The molecular formula is C13H15N5S. The predicted molar refractivity (Wildman–Crippen MR) is 78.1 cm³/mol. The van der Waals surface area contributed by atoms with Crippen LogP contribution in [0.1, 0.15) is 6.42 Å². The van der Waals surface area contributed by atoms with Crippen LogP contribution in [0.5, 0.6) is 0 Å². The van der Waals surface area contributed by atoms with Gasteiger partial charge in [0.25, 0.3) is 0 Å². The standard InChI is InChI=1S/C13H15N5S/c14-10-2-3-11-12(8-10)17-13(16-11)19-7-1-5-18-6-4-15-9-18/h2-4,6,8-9H,1,5,7,14H2,(H,16,17). The number of fused-ring (bicyclic) bond motifs is 1. The van der Waals surface area contributed by atoms with Gasteiger partial charge in [0.1, 0.15) is 0 Å². The first-order valence-corrected chi connectivity index (χ1v) is 7.13. The smallest absolute Gasteiger partial charge is 0.166 e. The Morgan fingerprint density at radius 2 is 2.32 bits per heavy atom. The zero-order valence-electron chi connectivity index (χ0n) is 10.4. The molecule has 0 aliphatic heterocycles. The van der Waals surface area contributed by atoms with Gasteiger partial charge in [0, 0.05) is 30.4 Å². The predicted octanol–water partition coefficient (Wildman–Crippen LogP) is 2.52. The van der Waals surface area contributed by atoms with E-state index < -0.39 is 0 Å². The van der Waals surface area contributed by atoms with Crippen LogP contribution < -0.4 is 5.73 Å². The summed E-state index contributed by atoms with van der Waals surface area (Å²) in [7, 11) is 0. The van der Waals surface area contributed by atoms with E-state index in [1.807, 2.05) is 30.7 Å². The topological polar surface area (TPSA) is 72.5 Å². The molecule has 0 saturated carbocycles. The molecule has 3 aromatic rings. The minimum absolute atomic E-state index is 0.757. The van der Waals surface area contributed by atoms with Crippen molar-refractivity contribution in [2.24, 2.45) is 0 Å². The van der Waals surface area contributed by atoms with Crippen LogP contribution in [-0.4, -0.2) is 25.3 Å². The molecule has 19 heavy (non-hydrogen) atoms. The maximum atomic E-state index is 5.75. The van der Waals surface area contributed by atoms with Crippen molar-refractivity contribution in [2.45, 2.75) is 18.1 Å². The number of H-pyrrole nitrogens is 1. The van der Waals surface area contributed by atoms with Crippen LogP contribution in [0.2, 0.25) is 0 Å². The number of nitrogens with one attached hydrogen (secondary N) is 1. The van der Waals surface area contributed by atoms with Crippen LogP contribution in [0.3, 0.4) is 0 Å². The van der Waals surface area contributed by atoms with Crippen molar-refractivity contribution in [3.8, 4) is 0 Å². The molecule has 0 fully saturated rings. The summed E-state index contributed by atoms with van der Waals surface area (Å²) >= 11 is 1.73. The fourth-order valence-corrected chi connectivity index (χ4v) is 2.72. The molecule has 6 heteroatoms. The van der Waals surface area contributed by atoms with Gasteiger partial charge in [-0.3, -0.25) is 0 Å². The molecule has 2 aromatic heterocycles. The van der Waals surface area contributed by atoms with Crippen LogP contribution in [0.15, 0.2) is 42.1 Å². The van der Waals surface area contributed by atoms with Crippen molar-refractivity contribution in [2.75, 3.05) is 11.5 Å². The number of anilines is 1. The maximum absolute atomic E-state index is 5.75. The van der Waals surface area contributed by atoms with Crippen molar-refractivity contribution >= 4 is 28.5 Å². The number of aryl methyl sites for hydroxylation is 1. The summed E-state index contributed by atoms with van der Waals surface area (Å²) in [4.78, 5) is 11.8. The number of rotatable bonds is 5. The first-order valence-electron chi connectivity index (χ1n) is 6.15. The van der Waals surface area contributed by atoms with Gasteiger partial charge in [0.15, 0.2) is 5.16 Å². The Labute approximate surface area is 115 Å². The van der Waals surface area contributed by atoms with Crippen molar-refractivity contribution in [1.82, 2.24) is 19.5 Å². The summed E-state index contributed by atoms with van der Waals surface area (Å²) in [5, 5.41) is 0.950. The molecule has 0 radical (unpaired) electrons. The molecule has 0 atom stereocenters. The number of imidazole rings is 2. The van der Waals surface area contributed by atoms with E-state index >= 15 is 0 Å². The number of nitrogen functional groups attached to an aromatic ring is 1. The average Bonchev–Trinajstić information content (AvgIpc) is 3.02. The molecule has 0 amide bonds. The fourth-order valence-electron chi connectivity index (χ4n) is 1.91. The zero-order chi connectivity index (χ0) is 13.1. The monoisotopic (exact) mass is 273 g/mol. The van der Waals surface area contributed by atoms with E-state index in [1.165, 1.54) is 0 Å². The Kier molecular flexibility index (Phi) is 3.41. The van der Waals surface area contributed by atoms with E-state index in [9.17, 15) is 0 Å². The number of hydrogen-bond donors (Lipinski definition) is 2. The van der Waals surface area contributed by atoms with E-state index in [0.29, 0.717) is 0 Å². The van der Waals surface area contributed by atoms with Crippen molar-refractivity contribution in [3.63, 3.8) is 0 Å². The normalized spacial score (nSPS) is 11.2. The summed E-state index contributed by atoms with van der Waals surface area (Å²) in [6.07, 6.45) is 6.71. The summed E-state index contributed by atoms with van der Waals surface area (Å²) in [6.45, 7) is 0.986. The van der Waals surface area contributed by atoms with Gasteiger partial charge in [-0.1, -0.05) is 11.8 Å². The molecule has 0 aliphatic rings. The molecule has 5 nitrogen and oxygen atoms in total. The Hall–Kier alpha value is -1.95. The van der Waals surface area contributed by atoms with E-state index in [0.717, 1.165) is 40.6 Å². The molecule has 0 bridgehead atoms. The van der Waals surface area contributed by atoms with Crippen LogP contribution in [0.25, 0.3) is 11.0 Å². The highest BCUT2D eigenvalue weighted by Crippen LogP contribution is 2.21. The lowest BCUT2D eigenvalue weighted by molar-refractivity contribution is 0.683. The lowest BCUT2D eigenvalue weighted by Crippen LogP contribution is -1.95. The molecule has 3 N–H and O–H groups in total. The number of nitrogens with two attached hydrogens (primary N) is 1. The highest BCUT2D eigenvalue weighted by atomic mass is 32.2. The molecule has 0 saturated heterocycles. The van der Waals surface area contributed by atoms with Crippen LogP contribution in [0, 0.1) is 0 Å². The third-order valence-electron chi connectivity index (χ3n) is 2.84. The van der Waals surface area contributed by atoms with Gasteiger partial charge >= 0.3 is 0 Å². The minimum Gasteiger partial charge on any atom is -0.399 e. The quantitative estimate of drug-likeness (QED) is 0.425. The van der Waals surface area contributed by atoms with Gasteiger partial charge in [0.05, 0.1) is 17.4 Å². The van der Waals surface area contributed by atoms with E-state index in [-0.39, 0.29) is 0 Å². The molecule has 0 spiro atoms. The largest absolute Gasteiger partial charge is 0.399 e. The number of hydrogen-bond acceptors (Lipinski definition) is 4. The number of benzene rings is 1. The third kappa shape index (κ3) is 2.90. The van der Waals surface area contributed by atoms with Crippen LogP contribution >= 0.6 is 11.8 Å². The molecule has 0 unspecified atom stereocenters. The van der Waals surface area contributed by atoms with E-state index in [1.54, 1.807) is 18.0 Å². The SMILES string of the molecule is Nc1ccc2nc(SCCCn3ccnc3)[nH]c2c1. The highest BCUT2D eigenvalue weighted by Gasteiger charge is 2.03. The second-order valence-electron chi connectivity index (χ2n) is 4.32. The third-order valence-corrected chi connectivity index (χ3v) is 3.80. The van der Waals surface area contributed by atoms with Crippen molar-refractivity contribution < 1.29 is 0 Å². The summed E-state index contributed by atoms with van der Waals surface area (Å²) in [5.41, 5.74) is 8.46. The van der Waals surface area contributed by atoms with Crippen LogP contribution in [0.4, 0.5) is 5.69 Å². The molecular weight excluding hydrogens is 258 g/mol. The number of aromatic nitrogens is 4. The highest BCUT2D eigenvalue weighted by molar-refractivity contribution is 7.99. The van der Waals surface area contributed by atoms with Gasteiger partial charge < -0.3 is 15.3 Å². The zero-order valence-corrected chi connectivity index (χ0v) is 11.2. The average molecular weight is 273 g/mol. The second-order valence-corrected chi connectivity index (χ2v) is 5.40. The molecule has 2 heterocycles. The lowest BCUT2D eigenvalue weighted by atomic mass is 10.3. The Morgan fingerprint density at radius 3 is 3.16 bits per heavy atom. The number of aromatic amines is 1. The second kappa shape index (κ2) is 5.36. The Morgan fingerprint density at radius 1 is 1.37 bits per heavy atom. The number of nitrogens with zero attached hydrogens (tertiary/aromatic N) is 3. The van der Waals surface area contributed by atoms with E-state index in [2.05, 4.69) is 19.5 Å². The molecule has 3 rings (SSSR count). The van der Waals surface area contributed by atoms with Crippen molar-refractivity contribution in [1.29, 1.82) is 0 Å². The van der Waals surface area contributed by atoms with Crippen molar-refractivity contribution in [3.05, 3.63) is 36.9 Å². The first-order chi connectivity index (χ1) is 9.31. The van der Waals surface area contributed by atoms with Gasteiger partial charge in [-0.25, -0.2) is 9.97 Å². The van der Waals surface area contributed by atoms with E-state index in [4.69, 9.17) is 5.73 Å². The molecule has 0 aliphatic carbocycles. The molecule has 1 aromatic carbocycles. The van der Waals surface area contributed by atoms with Gasteiger partial charge in [0.2, 0.25) is 0 Å². The minimum atomic E-state index is 0.757. The maximum Gasteiger partial charge on any atom is 0.166 e. The van der Waals surface area contributed by atoms with Gasteiger partial charge in [-0.05, 0) is 24.6 Å².